The van der Waals surface area contributed by atoms with Crippen LogP contribution in [0.1, 0.15) is 6.92 Å². The minimum absolute atomic E-state index is 0.429. The molecule has 0 fully saturated rings. The van der Waals surface area contributed by atoms with Crippen molar-refractivity contribution in [3.63, 3.8) is 0 Å². The van der Waals surface area contributed by atoms with Crippen LogP contribution in [0.2, 0.25) is 0 Å². The van der Waals surface area contributed by atoms with Gasteiger partial charge in [0, 0.05) is 0 Å². The predicted octanol–water partition coefficient (Wildman–Crippen LogP) is 2.51. The highest BCUT2D eigenvalue weighted by Gasteiger charge is 2.36. The smallest absolute Gasteiger partial charge is 0.281 e. The summed E-state index contributed by atoms with van der Waals surface area (Å²) >= 11 is 0. The van der Waals surface area contributed by atoms with Crippen LogP contribution in [0.3, 0.4) is 0 Å². The van der Waals surface area contributed by atoms with Gasteiger partial charge in [-0.3, -0.25) is 0 Å². The van der Waals surface area contributed by atoms with Crippen LogP contribution in [0.15, 0.2) is 72.9 Å². The zero-order chi connectivity index (χ0) is 14.3. The van der Waals surface area contributed by atoms with E-state index in [9.17, 15) is 0 Å². The quantitative estimate of drug-likeness (QED) is 0.603. The first-order valence-electron chi connectivity index (χ1n) is 6.61. The van der Waals surface area contributed by atoms with Crippen LogP contribution in [0.4, 0.5) is 0 Å². The van der Waals surface area contributed by atoms with Crippen LogP contribution in [0.25, 0.3) is 0 Å². The summed E-state index contributed by atoms with van der Waals surface area (Å²) in [6, 6.07) is 20.6. The van der Waals surface area contributed by atoms with E-state index in [1.54, 1.807) is 0 Å². The molecule has 20 heavy (non-hydrogen) atoms. The molecular weight excluding hydrogens is 260 g/mol. The van der Waals surface area contributed by atoms with Crippen LogP contribution < -0.4 is 10.4 Å². The molecule has 100 valence electrons. The molecule has 1 nitrogen and oxygen atoms in total. The van der Waals surface area contributed by atoms with Crippen molar-refractivity contribution in [3.05, 3.63) is 72.9 Å². The van der Waals surface area contributed by atoms with Crippen molar-refractivity contribution in [2.75, 3.05) is 6.61 Å². The van der Waals surface area contributed by atoms with E-state index in [4.69, 9.17) is 4.43 Å². The molecule has 0 spiro atoms. The van der Waals surface area contributed by atoms with Gasteiger partial charge < -0.3 is 4.43 Å². The summed E-state index contributed by atoms with van der Waals surface area (Å²) in [6.07, 6.45) is 0. The first-order chi connectivity index (χ1) is 9.83. The lowest BCUT2D eigenvalue weighted by Crippen LogP contribution is -2.59. The van der Waals surface area contributed by atoms with Gasteiger partial charge in [-0.2, -0.15) is 0 Å². The lowest BCUT2D eigenvalue weighted by atomic mass is 10.4. The van der Waals surface area contributed by atoms with Gasteiger partial charge in [0.05, 0.1) is 6.61 Å². The van der Waals surface area contributed by atoms with Crippen molar-refractivity contribution in [1.82, 2.24) is 0 Å². The van der Waals surface area contributed by atoms with Crippen molar-refractivity contribution in [2.24, 2.45) is 0 Å². The van der Waals surface area contributed by atoms with Crippen LogP contribution >= 0.6 is 0 Å². The third-order valence-corrected chi connectivity index (χ3v) is 6.80. The lowest BCUT2D eigenvalue weighted by molar-refractivity contribution is 0.378. The topological polar surface area (TPSA) is 9.23 Å². The monoisotopic (exact) mass is 278 g/mol. The first-order valence-corrected chi connectivity index (χ1v) is 8.60. The van der Waals surface area contributed by atoms with Crippen molar-refractivity contribution in [3.8, 4) is 11.8 Å². The van der Waals surface area contributed by atoms with Gasteiger partial charge in [0.15, 0.2) is 0 Å². The van der Waals surface area contributed by atoms with Gasteiger partial charge in [0.1, 0.15) is 0 Å². The zero-order valence-electron chi connectivity index (χ0n) is 11.7. The standard InChI is InChI=1S/C18H18OSi/c1-3-5-16-19-20(4-2,17-12-8-6-9-13-17)18-14-10-7-11-15-18/h4,6-15H,2,16H2,1H3. The molecule has 2 heteroatoms. The van der Waals surface area contributed by atoms with Crippen molar-refractivity contribution < 1.29 is 4.43 Å². The Bertz CT molecular complexity index is 569. The molecule has 0 bridgehead atoms. The Labute approximate surface area is 122 Å². The summed E-state index contributed by atoms with van der Waals surface area (Å²) in [5, 5.41) is 2.39. The molecule has 0 saturated carbocycles. The summed E-state index contributed by atoms with van der Waals surface area (Å²) in [5.74, 6) is 5.87. The van der Waals surface area contributed by atoms with Gasteiger partial charge in [-0.25, -0.2) is 0 Å². The average molecular weight is 278 g/mol. The number of rotatable bonds is 5. The molecule has 2 aromatic rings. The van der Waals surface area contributed by atoms with Crippen LogP contribution in [-0.2, 0) is 4.43 Å². The molecular formula is C18H18OSi. The highest BCUT2D eigenvalue weighted by Crippen LogP contribution is 2.09. The van der Waals surface area contributed by atoms with Gasteiger partial charge in [-0.15, -0.1) is 12.5 Å². The van der Waals surface area contributed by atoms with Gasteiger partial charge in [-0.1, -0.05) is 72.3 Å². The highest BCUT2D eigenvalue weighted by molar-refractivity contribution is 7.01. The SMILES string of the molecule is C=C[Si](OCC#CC)(c1ccccc1)c1ccccc1. The maximum absolute atomic E-state index is 6.24. The van der Waals surface area contributed by atoms with Gasteiger partial charge in [0.2, 0.25) is 0 Å². The molecule has 0 unspecified atom stereocenters. The van der Waals surface area contributed by atoms with E-state index < -0.39 is 8.32 Å². The normalized spacial score (nSPS) is 10.4. The van der Waals surface area contributed by atoms with Crippen LogP contribution in [-0.4, -0.2) is 14.9 Å². The number of hydrogen-bond donors (Lipinski definition) is 0. The maximum atomic E-state index is 6.24. The molecule has 0 saturated heterocycles. The van der Waals surface area contributed by atoms with E-state index in [1.807, 2.05) is 49.0 Å². The predicted molar refractivity (Wildman–Crippen MR) is 87.5 cm³/mol. The minimum atomic E-state index is -2.40. The molecule has 0 radical (unpaired) electrons. The average Bonchev–Trinajstić information content (AvgIpc) is 2.54. The Morgan fingerprint density at radius 1 is 1.00 bits per heavy atom. The molecule has 2 aromatic carbocycles. The van der Waals surface area contributed by atoms with Gasteiger partial charge >= 0.3 is 0 Å². The summed E-state index contributed by atoms with van der Waals surface area (Å²) in [6.45, 7) is 6.31. The van der Waals surface area contributed by atoms with Gasteiger partial charge in [-0.05, 0) is 17.3 Å². The fourth-order valence-electron chi connectivity index (χ4n) is 2.22. The van der Waals surface area contributed by atoms with E-state index >= 15 is 0 Å². The number of hydrogen-bond acceptors (Lipinski definition) is 1. The van der Waals surface area contributed by atoms with Crippen LogP contribution in [0, 0.1) is 11.8 Å². The third-order valence-electron chi connectivity index (χ3n) is 3.24. The van der Waals surface area contributed by atoms with Crippen LogP contribution in [0.5, 0.6) is 0 Å². The minimum Gasteiger partial charge on any atom is -0.393 e. The zero-order valence-corrected chi connectivity index (χ0v) is 12.7. The van der Waals surface area contributed by atoms with E-state index in [-0.39, 0.29) is 0 Å². The Morgan fingerprint density at radius 2 is 1.50 bits per heavy atom. The summed E-state index contributed by atoms with van der Waals surface area (Å²) in [4.78, 5) is 0. The lowest BCUT2D eigenvalue weighted by Gasteiger charge is -2.28. The first kappa shape index (κ1) is 14.3. The maximum Gasteiger partial charge on any atom is 0.281 e. The summed E-state index contributed by atoms with van der Waals surface area (Å²) < 4.78 is 6.24. The molecule has 0 heterocycles. The van der Waals surface area contributed by atoms with E-state index in [0.717, 1.165) is 0 Å². The molecule has 0 aliphatic carbocycles. The molecule has 0 atom stereocenters. The Morgan fingerprint density at radius 3 is 1.90 bits per heavy atom. The van der Waals surface area contributed by atoms with Crippen molar-refractivity contribution in [1.29, 1.82) is 0 Å². The second kappa shape index (κ2) is 6.90. The van der Waals surface area contributed by atoms with Crippen molar-refractivity contribution in [2.45, 2.75) is 6.92 Å². The fourth-order valence-corrected chi connectivity index (χ4v) is 5.15. The number of benzene rings is 2. The Balaban J connectivity index is 2.51. The van der Waals surface area contributed by atoms with Crippen molar-refractivity contribution >= 4 is 18.7 Å². The van der Waals surface area contributed by atoms with E-state index in [2.05, 4.69) is 42.7 Å². The molecule has 0 amide bonds. The second-order valence-electron chi connectivity index (χ2n) is 4.39. The molecule has 2 rings (SSSR count). The fraction of sp³-hybridized carbons (Fsp3) is 0.111. The molecule has 0 aromatic heterocycles. The summed E-state index contributed by atoms with van der Waals surface area (Å²) in [7, 11) is -2.40. The molecule has 0 aliphatic rings. The second-order valence-corrected chi connectivity index (χ2v) is 7.71. The third kappa shape index (κ3) is 2.90. The largest absolute Gasteiger partial charge is 0.393 e. The molecule has 0 N–H and O–H groups in total. The summed E-state index contributed by atoms with van der Waals surface area (Å²) in [5.41, 5.74) is 1.98. The Hall–Kier alpha value is -2.08. The molecule has 0 aliphatic heterocycles. The highest BCUT2D eigenvalue weighted by atomic mass is 28.4. The van der Waals surface area contributed by atoms with E-state index in [1.165, 1.54) is 10.4 Å². The Kier molecular flexibility index (Phi) is 4.95. The van der Waals surface area contributed by atoms with E-state index in [0.29, 0.717) is 6.61 Å². The van der Waals surface area contributed by atoms with Gasteiger partial charge in [0.25, 0.3) is 8.32 Å².